The number of nitrogens with zero attached hydrogens (tertiary/aromatic N) is 4. The van der Waals surface area contributed by atoms with E-state index in [9.17, 15) is 4.79 Å². The van der Waals surface area contributed by atoms with Gasteiger partial charge in [0.25, 0.3) is 0 Å². The SMILES string of the molecule is CCC(=O)Nc1cncc(-c2ccc3[nH]nc(-c4nc5nccc(-c6ccoc6)c5[nH]4)c3c2)c1. The number of pyridine rings is 2. The minimum atomic E-state index is -0.0557. The molecule has 0 fully saturated rings. The average molecular weight is 449 g/mol. The number of hydrogen-bond acceptors (Lipinski definition) is 6. The minimum Gasteiger partial charge on any atom is -0.472 e. The van der Waals surface area contributed by atoms with E-state index in [-0.39, 0.29) is 5.91 Å². The van der Waals surface area contributed by atoms with Crippen molar-refractivity contribution in [3.63, 3.8) is 0 Å². The number of hydrogen-bond donors (Lipinski definition) is 3. The van der Waals surface area contributed by atoms with Gasteiger partial charge in [0.2, 0.25) is 5.91 Å². The van der Waals surface area contributed by atoms with Gasteiger partial charge in [-0.2, -0.15) is 5.10 Å². The van der Waals surface area contributed by atoms with Gasteiger partial charge in [0, 0.05) is 40.9 Å². The fourth-order valence-electron chi connectivity index (χ4n) is 3.97. The van der Waals surface area contributed by atoms with E-state index in [1.807, 2.05) is 43.3 Å². The lowest BCUT2D eigenvalue weighted by molar-refractivity contribution is -0.115. The Labute approximate surface area is 193 Å². The Balaban J connectivity index is 1.43. The van der Waals surface area contributed by atoms with Crippen molar-refractivity contribution in [1.29, 1.82) is 0 Å². The number of H-pyrrole nitrogens is 2. The maximum absolute atomic E-state index is 11.8. The molecule has 0 unspecified atom stereocenters. The summed E-state index contributed by atoms with van der Waals surface area (Å²) in [6.45, 7) is 1.81. The molecule has 0 saturated carbocycles. The zero-order chi connectivity index (χ0) is 23.1. The van der Waals surface area contributed by atoms with Crippen LogP contribution >= 0.6 is 0 Å². The van der Waals surface area contributed by atoms with E-state index in [1.165, 1.54) is 0 Å². The summed E-state index contributed by atoms with van der Waals surface area (Å²) in [6.07, 6.45) is 8.87. The number of furan rings is 1. The maximum atomic E-state index is 11.8. The molecule has 5 aromatic heterocycles. The summed E-state index contributed by atoms with van der Waals surface area (Å²) in [5.74, 6) is 0.559. The molecular weight excluding hydrogens is 430 g/mol. The predicted molar refractivity (Wildman–Crippen MR) is 129 cm³/mol. The Morgan fingerprint density at radius 1 is 1.09 bits per heavy atom. The predicted octanol–water partition coefficient (Wildman–Crippen LogP) is 5.17. The fourth-order valence-corrected chi connectivity index (χ4v) is 3.97. The van der Waals surface area contributed by atoms with Crippen molar-refractivity contribution >= 4 is 33.7 Å². The van der Waals surface area contributed by atoms with Crippen LogP contribution in [0, 0.1) is 0 Å². The number of rotatable bonds is 5. The van der Waals surface area contributed by atoms with Crippen LogP contribution < -0.4 is 5.32 Å². The number of anilines is 1. The number of fused-ring (bicyclic) bond motifs is 2. The molecule has 0 aliphatic heterocycles. The molecule has 166 valence electrons. The Morgan fingerprint density at radius 3 is 2.88 bits per heavy atom. The van der Waals surface area contributed by atoms with Gasteiger partial charge in [-0.1, -0.05) is 13.0 Å². The normalized spacial score (nSPS) is 11.3. The third kappa shape index (κ3) is 3.39. The van der Waals surface area contributed by atoms with Crippen LogP contribution in [-0.2, 0) is 4.79 Å². The summed E-state index contributed by atoms with van der Waals surface area (Å²) in [7, 11) is 0. The highest BCUT2D eigenvalue weighted by molar-refractivity contribution is 5.97. The molecule has 0 saturated heterocycles. The van der Waals surface area contributed by atoms with Gasteiger partial charge in [0.1, 0.15) is 5.69 Å². The van der Waals surface area contributed by atoms with Gasteiger partial charge in [-0.25, -0.2) is 9.97 Å². The summed E-state index contributed by atoms with van der Waals surface area (Å²) in [5, 5.41) is 11.4. The number of carbonyl (C=O) groups is 1. The van der Waals surface area contributed by atoms with Gasteiger partial charge in [-0.15, -0.1) is 0 Å². The smallest absolute Gasteiger partial charge is 0.224 e. The molecule has 9 nitrogen and oxygen atoms in total. The lowest BCUT2D eigenvalue weighted by Gasteiger charge is -2.06. The molecule has 1 amide bonds. The van der Waals surface area contributed by atoms with Crippen molar-refractivity contribution in [3.05, 3.63) is 67.5 Å². The van der Waals surface area contributed by atoms with E-state index >= 15 is 0 Å². The molecule has 0 bridgehead atoms. The molecule has 0 spiro atoms. The van der Waals surface area contributed by atoms with Gasteiger partial charge in [-0.3, -0.25) is 14.9 Å². The number of carbonyl (C=O) groups excluding carboxylic acids is 1. The number of amides is 1. The number of benzene rings is 1. The highest BCUT2D eigenvalue weighted by Gasteiger charge is 2.16. The first kappa shape index (κ1) is 19.9. The Bertz CT molecular complexity index is 1650. The van der Waals surface area contributed by atoms with E-state index in [4.69, 9.17) is 9.40 Å². The average Bonchev–Trinajstić information content (AvgIpc) is 3.62. The zero-order valence-electron chi connectivity index (χ0n) is 18.2. The molecule has 0 aliphatic carbocycles. The lowest BCUT2D eigenvalue weighted by atomic mass is 10.0. The second-order valence-corrected chi connectivity index (χ2v) is 7.85. The number of nitrogens with one attached hydrogen (secondary N) is 3. The summed E-state index contributed by atoms with van der Waals surface area (Å²) in [5.41, 5.74) is 7.38. The molecule has 3 N–H and O–H groups in total. The Morgan fingerprint density at radius 2 is 2.03 bits per heavy atom. The van der Waals surface area contributed by atoms with Crippen LogP contribution in [0.15, 0.2) is 71.9 Å². The van der Waals surface area contributed by atoms with E-state index in [0.29, 0.717) is 29.3 Å². The first-order valence-electron chi connectivity index (χ1n) is 10.8. The van der Waals surface area contributed by atoms with E-state index in [2.05, 4.69) is 30.5 Å². The molecule has 5 heterocycles. The van der Waals surface area contributed by atoms with Crippen molar-refractivity contribution in [2.45, 2.75) is 13.3 Å². The van der Waals surface area contributed by atoms with Crippen LogP contribution in [0.1, 0.15) is 13.3 Å². The monoisotopic (exact) mass is 449 g/mol. The summed E-state index contributed by atoms with van der Waals surface area (Å²) in [4.78, 5) is 28.6. The number of imidazole rings is 1. The van der Waals surface area contributed by atoms with Crippen LogP contribution in [0.25, 0.3) is 55.8 Å². The van der Waals surface area contributed by atoms with Gasteiger partial charge < -0.3 is 14.7 Å². The topological polar surface area (TPSA) is 125 Å². The highest BCUT2D eigenvalue weighted by atomic mass is 16.3. The first-order valence-corrected chi connectivity index (χ1v) is 10.8. The van der Waals surface area contributed by atoms with Crippen LogP contribution in [0.2, 0.25) is 0 Å². The van der Waals surface area contributed by atoms with E-state index in [1.54, 1.807) is 31.1 Å². The summed E-state index contributed by atoms with van der Waals surface area (Å²) >= 11 is 0. The Kier molecular flexibility index (Phi) is 4.65. The molecule has 34 heavy (non-hydrogen) atoms. The standard InChI is InChI=1S/C25H19N7O2/c1-2-21(33)28-17-9-16(11-26-12-17)14-3-4-20-19(10-14)23(32-31-20)25-29-22-18(15-6-8-34-13-15)5-7-27-24(22)30-25/h3-13H,2H2,1H3,(H,28,33)(H,31,32)(H,27,29,30). The van der Waals surface area contributed by atoms with Crippen LogP contribution in [0.3, 0.4) is 0 Å². The third-order valence-electron chi connectivity index (χ3n) is 5.69. The van der Waals surface area contributed by atoms with Crippen molar-refractivity contribution in [3.8, 4) is 33.8 Å². The largest absolute Gasteiger partial charge is 0.472 e. The quantitative estimate of drug-likeness (QED) is 0.333. The molecule has 6 aromatic rings. The molecular formula is C25H19N7O2. The molecule has 6 rings (SSSR count). The van der Waals surface area contributed by atoms with Gasteiger partial charge in [0.05, 0.1) is 35.4 Å². The van der Waals surface area contributed by atoms with Crippen LogP contribution in [-0.4, -0.2) is 36.0 Å². The van der Waals surface area contributed by atoms with Crippen molar-refractivity contribution in [1.82, 2.24) is 30.1 Å². The van der Waals surface area contributed by atoms with Crippen molar-refractivity contribution in [2.24, 2.45) is 0 Å². The zero-order valence-corrected chi connectivity index (χ0v) is 18.2. The molecule has 9 heteroatoms. The lowest BCUT2D eigenvalue weighted by Crippen LogP contribution is -2.09. The van der Waals surface area contributed by atoms with Gasteiger partial charge in [0.15, 0.2) is 11.5 Å². The number of aromatic nitrogens is 6. The van der Waals surface area contributed by atoms with E-state index < -0.39 is 0 Å². The molecule has 0 aliphatic rings. The second kappa shape index (κ2) is 7.96. The van der Waals surface area contributed by atoms with Crippen molar-refractivity contribution in [2.75, 3.05) is 5.32 Å². The second-order valence-electron chi connectivity index (χ2n) is 7.85. The fraction of sp³-hybridized carbons (Fsp3) is 0.0800. The maximum Gasteiger partial charge on any atom is 0.224 e. The molecule has 0 atom stereocenters. The molecule has 0 radical (unpaired) electrons. The van der Waals surface area contributed by atoms with E-state index in [0.717, 1.165) is 38.7 Å². The van der Waals surface area contributed by atoms with Crippen LogP contribution in [0.4, 0.5) is 5.69 Å². The minimum absolute atomic E-state index is 0.0557. The third-order valence-corrected chi connectivity index (χ3v) is 5.69. The molecule has 1 aromatic carbocycles. The summed E-state index contributed by atoms with van der Waals surface area (Å²) < 4.78 is 5.25. The van der Waals surface area contributed by atoms with Crippen LogP contribution in [0.5, 0.6) is 0 Å². The van der Waals surface area contributed by atoms with Crippen molar-refractivity contribution < 1.29 is 9.21 Å². The first-order chi connectivity index (χ1) is 16.7. The number of aromatic amines is 2. The van der Waals surface area contributed by atoms with Gasteiger partial charge >= 0.3 is 0 Å². The highest BCUT2D eigenvalue weighted by Crippen LogP contribution is 2.33. The van der Waals surface area contributed by atoms with Gasteiger partial charge in [-0.05, 0) is 35.9 Å². The Hall–Kier alpha value is -4.79. The summed E-state index contributed by atoms with van der Waals surface area (Å²) in [6, 6.07) is 11.7.